The molecule has 0 unspecified atom stereocenters. The second kappa shape index (κ2) is 7.65. The van der Waals surface area contributed by atoms with Crippen molar-refractivity contribution in [2.24, 2.45) is 11.8 Å². The highest BCUT2D eigenvalue weighted by Gasteiger charge is 2.33. The summed E-state index contributed by atoms with van der Waals surface area (Å²) < 4.78 is 5.09. The maximum absolute atomic E-state index is 12.5. The number of likely N-dealkylation sites (tertiary alicyclic amines) is 2. The Hall–Kier alpha value is -1.10. The average Bonchev–Trinajstić information content (AvgIpc) is 3.41. The molecule has 1 saturated carbocycles. The maximum atomic E-state index is 12.5. The van der Waals surface area contributed by atoms with Crippen LogP contribution in [0, 0.1) is 11.8 Å². The van der Waals surface area contributed by atoms with Crippen LogP contribution in [0.15, 0.2) is 0 Å². The van der Waals surface area contributed by atoms with E-state index in [1.807, 2.05) is 11.8 Å². The van der Waals surface area contributed by atoms with Crippen LogP contribution in [-0.2, 0) is 14.3 Å². The Morgan fingerprint density at radius 2 is 1.61 bits per heavy atom. The van der Waals surface area contributed by atoms with Crippen molar-refractivity contribution in [1.29, 1.82) is 0 Å². The van der Waals surface area contributed by atoms with E-state index in [2.05, 4.69) is 4.90 Å². The fraction of sp³-hybridized carbons (Fsp3) is 0.889. The molecule has 3 aliphatic rings. The molecule has 0 spiro atoms. The van der Waals surface area contributed by atoms with Gasteiger partial charge in [-0.05, 0) is 64.5 Å². The van der Waals surface area contributed by atoms with Gasteiger partial charge in [-0.3, -0.25) is 9.59 Å². The first-order valence-electron chi connectivity index (χ1n) is 9.35. The third kappa shape index (κ3) is 4.46. The van der Waals surface area contributed by atoms with E-state index in [0.29, 0.717) is 32.0 Å². The fourth-order valence-corrected chi connectivity index (χ4v) is 3.96. The number of nitrogens with zero attached hydrogens (tertiary/aromatic N) is 2. The Balaban J connectivity index is 1.37. The lowest BCUT2D eigenvalue weighted by Crippen LogP contribution is -2.42. The molecular weight excluding hydrogens is 292 g/mol. The second-order valence-corrected chi connectivity index (χ2v) is 7.32. The van der Waals surface area contributed by atoms with Crippen molar-refractivity contribution >= 4 is 11.9 Å². The minimum atomic E-state index is -0.0907. The van der Waals surface area contributed by atoms with Crippen LogP contribution in [0.5, 0.6) is 0 Å². The summed E-state index contributed by atoms with van der Waals surface area (Å²) >= 11 is 0. The van der Waals surface area contributed by atoms with Crippen molar-refractivity contribution in [1.82, 2.24) is 9.80 Å². The van der Waals surface area contributed by atoms with Gasteiger partial charge in [0.2, 0.25) is 5.91 Å². The van der Waals surface area contributed by atoms with Crippen LogP contribution in [0.3, 0.4) is 0 Å². The molecule has 0 aromatic rings. The topological polar surface area (TPSA) is 49.9 Å². The number of carbonyl (C=O) groups is 2. The van der Waals surface area contributed by atoms with Gasteiger partial charge in [-0.1, -0.05) is 0 Å². The lowest BCUT2D eigenvalue weighted by molar-refractivity contribution is -0.151. The normalized spacial score (nSPS) is 24.7. The summed E-state index contributed by atoms with van der Waals surface area (Å²) in [5.41, 5.74) is 0. The van der Waals surface area contributed by atoms with Gasteiger partial charge in [-0.25, -0.2) is 0 Å². The number of piperidine rings is 2. The summed E-state index contributed by atoms with van der Waals surface area (Å²) in [6.45, 7) is 6.05. The van der Waals surface area contributed by atoms with Gasteiger partial charge in [0, 0.05) is 25.6 Å². The maximum Gasteiger partial charge on any atom is 0.309 e. The van der Waals surface area contributed by atoms with E-state index in [9.17, 15) is 9.59 Å². The van der Waals surface area contributed by atoms with Crippen molar-refractivity contribution in [3.8, 4) is 0 Å². The van der Waals surface area contributed by atoms with Gasteiger partial charge in [0.15, 0.2) is 0 Å². The quantitative estimate of drug-likeness (QED) is 0.727. The first-order valence-corrected chi connectivity index (χ1v) is 9.35. The van der Waals surface area contributed by atoms with Gasteiger partial charge in [-0.2, -0.15) is 0 Å². The fourth-order valence-electron chi connectivity index (χ4n) is 3.96. The van der Waals surface area contributed by atoms with Crippen molar-refractivity contribution < 1.29 is 14.3 Å². The molecule has 0 aromatic heterocycles. The van der Waals surface area contributed by atoms with Crippen molar-refractivity contribution in [3.63, 3.8) is 0 Å². The summed E-state index contributed by atoms with van der Waals surface area (Å²) in [4.78, 5) is 28.8. The second-order valence-electron chi connectivity index (χ2n) is 7.32. The lowest BCUT2D eigenvalue weighted by Gasteiger charge is -2.34. The third-order valence-corrected chi connectivity index (χ3v) is 5.64. The highest BCUT2D eigenvalue weighted by molar-refractivity contribution is 5.77. The molecule has 5 nitrogen and oxygen atoms in total. The van der Waals surface area contributed by atoms with Crippen molar-refractivity contribution in [2.45, 2.75) is 57.9 Å². The van der Waals surface area contributed by atoms with Gasteiger partial charge < -0.3 is 14.5 Å². The van der Waals surface area contributed by atoms with Crippen LogP contribution in [0.1, 0.15) is 51.9 Å². The Kier molecular flexibility index (Phi) is 5.57. The highest BCUT2D eigenvalue weighted by Crippen LogP contribution is 2.32. The number of hydrogen-bond acceptors (Lipinski definition) is 4. The molecule has 23 heavy (non-hydrogen) atoms. The summed E-state index contributed by atoms with van der Waals surface area (Å²) in [6, 6.07) is 0.855. The molecule has 0 bridgehead atoms. The van der Waals surface area contributed by atoms with Crippen molar-refractivity contribution in [2.75, 3.05) is 32.8 Å². The van der Waals surface area contributed by atoms with Crippen LogP contribution in [0.25, 0.3) is 0 Å². The Morgan fingerprint density at radius 1 is 0.957 bits per heavy atom. The molecule has 0 N–H and O–H groups in total. The minimum Gasteiger partial charge on any atom is -0.466 e. The molecule has 1 aliphatic carbocycles. The largest absolute Gasteiger partial charge is 0.466 e. The number of esters is 1. The summed E-state index contributed by atoms with van der Waals surface area (Å²) in [5.74, 6) is 0.741. The number of amides is 1. The minimum absolute atomic E-state index is 0.0132. The number of hydrogen-bond donors (Lipinski definition) is 0. The van der Waals surface area contributed by atoms with Gasteiger partial charge in [0.05, 0.1) is 12.5 Å². The van der Waals surface area contributed by atoms with Gasteiger partial charge in [-0.15, -0.1) is 0 Å². The molecule has 1 amide bonds. The molecule has 2 aliphatic heterocycles. The zero-order chi connectivity index (χ0) is 16.2. The molecule has 5 heteroatoms. The molecular formula is C18H30N2O3. The van der Waals surface area contributed by atoms with E-state index >= 15 is 0 Å². The van der Waals surface area contributed by atoms with E-state index in [4.69, 9.17) is 4.74 Å². The van der Waals surface area contributed by atoms with Crippen molar-refractivity contribution in [3.05, 3.63) is 0 Å². The van der Waals surface area contributed by atoms with Crippen LogP contribution in [0.4, 0.5) is 0 Å². The molecule has 2 heterocycles. The SMILES string of the molecule is CCOC(=O)C1CCN(C(=O)CC2CCN(C3CC3)CC2)CC1. The molecule has 130 valence electrons. The standard InChI is InChI=1S/C18H30N2O3/c1-2-23-18(22)15-7-11-20(12-8-15)17(21)13-14-5-9-19(10-6-14)16-3-4-16/h14-16H,2-13H2,1H3. The number of ether oxygens (including phenoxy) is 1. The van der Waals surface area contributed by atoms with E-state index in [-0.39, 0.29) is 17.8 Å². The monoisotopic (exact) mass is 322 g/mol. The predicted molar refractivity (Wildman–Crippen MR) is 87.9 cm³/mol. The Labute approximate surface area is 139 Å². The number of rotatable bonds is 5. The van der Waals surface area contributed by atoms with E-state index in [0.717, 1.165) is 18.9 Å². The van der Waals surface area contributed by atoms with E-state index in [1.54, 1.807) is 0 Å². The van der Waals surface area contributed by atoms with Gasteiger partial charge >= 0.3 is 5.97 Å². The zero-order valence-electron chi connectivity index (χ0n) is 14.3. The molecule has 2 saturated heterocycles. The first kappa shape index (κ1) is 16.7. The predicted octanol–water partition coefficient (Wildman–Crippen LogP) is 2.05. The number of carbonyl (C=O) groups excluding carboxylic acids is 2. The molecule has 3 fully saturated rings. The molecule has 0 radical (unpaired) electrons. The lowest BCUT2D eigenvalue weighted by atomic mass is 9.91. The van der Waals surface area contributed by atoms with Crippen LogP contribution in [0.2, 0.25) is 0 Å². The van der Waals surface area contributed by atoms with E-state index in [1.165, 1.54) is 38.8 Å². The van der Waals surface area contributed by atoms with Gasteiger partial charge in [0.1, 0.15) is 0 Å². The molecule has 0 atom stereocenters. The summed E-state index contributed by atoms with van der Waals surface area (Å²) in [7, 11) is 0. The van der Waals surface area contributed by atoms with Crippen LogP contribution in [-0.4, -0.2) is 60.5 Å². The average molecular weight is 322 g/mol. The zero-order valence-corrected chi connectivity index (χ0v) is 14.3. The Bertz CT molecular complexity index is 420. The van der Waals surface area contributed by atoms with Crippen LogP contribution < -0.4 is 0 Å². The van der Waals surface area contributed by atoms with Gasteiger partial charge in [0.25, 0.3) is 0 Å². The summed E-state index contributed by atoms with van der Waals surface area (Å²) in [5, 5.41) is 0. The highest BCUT2D eigenvalue weighted by atomic mass is 16.5. The summed E-state index contributed by atoms with van der Waals surface area (Å²) in [6.07, 6.45) is 7.29. The molecule has 0 aromatic carbocycles. The molecule has 3 rings (SSSR count). The third-order valence-electron chi connectivity index (χ3n) is 5.64. The first-order chi connectivity index (χ1) is 11.2. The Morgan fingerprint density at radius 3 is 2.17 bits per heavy atom. The van der Waals surface area contributed by atoms with E-state index < -0.39 is 0 Å². The smallest absolute Gasteiger partial charge is 0.309 e. The van der Waals surface area contributed by atoms with Crippen LogP contribution >= 0.6 is 0 Å².